The van der Waals surface area contributed by atoms with E-state index >= 15 is 0 Å². The molecule has 116 valence electrons. The highest BCUT2D eigenvalue weighted by Gasteiger charge is 2.27. The van der Waals surface area contributed by atoms with Crippen molar-refractivity contribution in [2.45, 2.75) is 32.9 Å². The van der Waals surface area contributed by atoms with E-state index in [1.807, 2.05) is 4.90 Å². The number of halogens is 1. The summed E-state index contributed by atoms with van der Waals surface area (Å²) in [6.07, 6.45) is 1.08. The number of benzene rings is 1. The molecule has 1 fully saturated rings. The van der Waals surface area contributed by atoms with Crippen LogP contribution in [0, 0.1) is 5.92 Å². The van der Waals surface area contributed by atoms with Crippen LogP contribution in [0.2, 0.25) is 0 Å². The summed E-state index contributed by atoms with van der Waals surface area (Å²) in [6.45, 7) is 8.19. The maximum Gasteiger partial charge on any atom is 0.237 e. The molecule has 0 aliphatic carbocycles. The van der Waals surface area contributed by atoms with Crippen molar-refractivity contribution >= 4 is 17.5 Å². The summed E-state index contributed by atoms with van der Waals surface area (Å²) in [6, 6.07) is 11.1. The first-order valence-electron chi connectivity index (χ1n) is 7.72. The van der Waals surface area contributed by atoms with Crippen LogP contribution in [0.1, 0.15) is 25.8 Å². The zero-order chi connectivity index (χ0) is 15.2. The van der Waals surface area contributed by atoms with Crippen LogP contribution < -0.4 is 0 Å². The van der Waals surface area contributed by atoms with E-state index in [-0.39, 0.29) is 11.8 Å². The summed E-state index contributed by atoms with van der Waals surface area (Å²) in [5.74, 6) is 0.728. The van der Waals surface area contributed by atoms with Crippen molar-refractivity contribution in [3.05, 3.63) is 35.9 Å². The first kappa shape index (κ1) is 16.3. The minimum absolute atomic E-state index is 0.0679. The first-order chi connectivity index (χ1) is 10.1. The molecule has 0 radical (unpaired) electrons. The Balaban J connectivity index is 1.90. The molecule has 0 N–H and O–H groups in total. The lowest BCUT2D eigenvalue weighted by atomic mass is 10.1. The third-order valence-electron chi connectivity index (χ3n) is 4.20. The summed E-state index contributed by atoms with van der Waals surface area (Å²) >= 11 is 5.64. The molecule has 0 unspecified atom stereocenters. The number of nitrogens with zero attached hydrogens (tertiary/aromatic N) is 2. The molecule has 2 rings (SSSR count). The molecule has 1 aromatic rings. The van der Waals surface area contributed by atoms with Crippen molar-refractivity contribution in [2.75, 3.05) is 25.5 Å². The molecule has 1 saturated heterocycles. The van der Waals surface area contributed by atoms with Gasteiger partial charge in [-0.15, -0.1) is 11.6 Å². The molecule has 0 bridgehead atoms. The number of likely N-dealkylation sites (tertiary alicyclic amines) is 1. The second-order valence-electron chi connectivity index (χ2n) is 6.14. The molecule has 3 nitrogen and oxygen atoms in total. The van der Waals surface area contributed by atoms with Crippen molar-refractivity contribution in [3.8, 4) is 0 Å². The van der Waals surface area contributed by atoms with Gasteiger partial charge in [-0.2, -0.15) is 0 Å². The van der Waals surface area contributed by atoms with Crippen molar-refractivity contribution in [2.24, 2.45) is 5.92 Å². The van der Waals surface area contributed by atoms with Crippen LogP contribution in [-0.2, 0) is 11.3 Å². The number of alkyl halides is 1. The van der Waals surface area contributed by atoms with Gasteiger partial charge in [-0.3, -0.25) is 9.69 Å². The highest BCUT2D eigenvalue weighted by atomic mass is 35.5. The lowest BCUT2D eigenvalue weighted by Gasteiger charge is -2.29. The summed E-state index contributed by atoms with van der Waals surface area (Å²) in [4.78, 5) is 16.0. The van der Waals surface area contributed by atoms with Gasteiger partial charge < -0.3 is 4.90 Å². The predicted octanol–water partition coefficient (Wildman–Crippen LogP) is 2.98. The fourth-order valence-electron chi connectivity index (χ4n) is 2.90. The topological polar surface area (TPSA) is 23.6 Å². The van der Waals surface area contributed by atoms with Gasteiger partial charge in [0.05, 0.1) is 0 Å². The van der Waals surface area contributed by atoms with E-state index in [4.69, 9.17) is 11.6 Å². The fraction of sp³-hybridized carbons (Fsp3) is 0.588. The van der Waals surface area contributed by atoms with Crippen molar-refractivity contribution < 1.29 is 4.79 Å². The third-order valence-corrected chi connectivity index (χ3v) is 4.43. The van der Waals surface area contributed by atoms with Gasteiger partial charge in [0.15, 0.2) is 0 Å². The van der Waals surface area contributed by atoms with Crippen LogP contribution in [-0.4, -0.2) is 47.3 Å². The molecule has 21 heavy (non-hydrogen) atoms. The Kier molecular flexibility index (Phi) is 6.07. The minimum Gasteiger partial charge on any atom is -0.341 e. The molecular weight excluding hydrogens is 284 g/mol. The number of carbonyl (C=O) groups excluding carboxylic acids is 1. The SMILES string of the molecule is CC(C)N(Cc1ccccc1)C[C@H]1CCN(C(=O)CCl)C1. The number of hydrogen-bond acceptors (Lipinski definition) is 2. The van der Waals surface area contributed by atoms with E-state index < -0.39 is 0 Å². The van der Waals surface area contributed by atoms with Gasteiger partial charge in [-0.1, -0.05) is 30.3 Å². The number of amides is 1. The predicted molar refractivity (Wildman–Crippen MR) is 87.4 cm³/mol. The van der Waals surface area contributed by atoms with Gasteiger partial charge >= 0.3 is 0 Å². The highest BCUT2D eigenvalue weighted by molar-refractivity contribution is 6.27. The summed E-state index contributed by atoms with van der Waals surface area (Å²) in [7, 11) is 0. The van der Waals surface area contributed by atoms with Crippen LogP contribution in [0.25, 0.3) is 0 Å². The van der Waals surface area contributed by atoms with Crippen LogP contribution in [0.4, 0.5) is 0 Å². The molecule has 0 spiro atoms. The third kappa shape index (κ3) is 4.72. The molecule has 1 aromatic carbocycles. The van der Waals surface area contributed by atoms with Crippen molar-refractivity contribution in [1.82, 2.24) is 9.80 Å². The van der Waals surface area contributed by atoms with E-state index in [1.54, 1.807) is 0 Å². The van der Waals surface area contributed by atoms with Crippen LogP contribution in [0.3, 0.4) is 0 Å². The number of carbonyl (C=O) groups is 1. The summed E-state index contributed by atoms with van der Waals surface area (Å²) in [5, 5.41) is 0. The molecule has 1 aliphatic rings. The lowest BCUT2D eigenvalue weighted by molar-refractivity contribution is -0.127. The molecular formula is C17H25ClN2O. The first-order valence-corrected chi connectivity index (χ1v) is 8.25. The number of rotatable bonds is 6. The van der Waals surface area contributed by atoms with Crippen molar-refractivity contribution in [3.63, 3.8) is 0 Å². The normalized spacial score (nSPS) is 18.7. The van der Waals surface area contributed by atoms with Gasteiger partial charge in [-0.25, -0.2) is 0 Å². The van der Waals surface area contributed by atoms with Crippen molar-refractivity contribution in [1.29, 1.82) is 0 Å². The van der Waals surface area contributed by atoms with Gasteiger partial charge in [-0.05, 0) is 31.7 Å². The number of hydrogen-bond donors (Lipinski definition) is 0. The Labute approximate surface area is 132 Å². The average molecular weight is 309 g/mol. The van der Waals surface area contributed by atoms with E-state index in [0.717, 1.165) is 32.6 Å². The zero-order valence-electron chi connectivity index (χ0n) is 13.0. The van der Waals surface area contributed by atoms with Gasteiger partial charge in [0, 0.05) is 32.2 Å². The smallest absolute Gasteiger partial charge is 0.237 e. The van der Waals surface area contributed by atoms with E-state index in [2.05, 4.69) is 49.1 Å². The Morgan fingerprint density at radius 2 is 2.10 bits per heavy atom. The van der Waals surface area contributed by atoms with Gasteiger partial charge in [0.1, 0.15) is 5.88 Å². The van der Waals surface area contributed by atoms with E-state index in [9.17, 15) is 4.79 Å². The lowest BCUT2D eigenvalue weighted by Crippen LogP contribution is -2.36. The molecule has 4 heteroatoms. The zero-order valence-corrected chi connectivity index (χ0v) is 13.7. The Morgan fingerprint density at radius 1 is 1.38 bits per heavy atom. The minimum atomic E-state index is 0.0679. The van der Waals surface area contributed by atoms with E-state index in [0.29, 0.717) is 12.0 Å². The van der Waals surface area contributed by atoms with Crippen LogP contribution in [0.5, 0.6) is 0 Å². The molecule has 1 heterocycles. The Bertz CT molecular complexity index is 449. The van der Waals surface area contributed by atoms with E-state index in [1.165, 1.54) is 5.56 Å². The maximum absolute atomic E-state index is 11.7. The Morgan fingerprint density at radius 3 is 2.71 bits per heavy atom. The molecule has 1 aliphatic heterocycles. The summed E-state index contributed by atoms with van der Waals surface area (Å²) < 4.78 is 0. The van der Waals surface area contributed by atoms with Gasteiger partial charge in [0.2, 0.25) is 5.91 Å². The quantitative estimate of drug-likeness (QED) is 0.754. The Hall–Kier alpha value is -1.06. The largest absolute Gasteiger partial charge is 0.341 e. The molecule has 0 saturated carbocycles. The average Bonchev–Trinajstić information content (AvgIpc) is 2.95. The van der Waals surface area contributed by atoms with Crippen LogP contribution in [0.15, 0.2) is 30.3 Å². The van der Waals surface area contributed by atoms with Gasteiger partial charge in [0.25, 0.3) is 0 Å². The highest BCUT2D eigenvalue weighted by Crippen LogP contribution is 2.20. The fourth-order valence-corrected chi connectivity index (χ4v) is 3.07. The molecule has 1 atom stereocenters. The summed E-state index contributed by atoms with van der Waals surface area (Å²) in [5.41, 5.74) is 1.35. The molecule has 0 aromatic heterocycles. The maximum atomic E-state index is 11.7. The molecule has 1 amide bonds. The van der Waals surface area contributed by atoms with Crippen LogP contribution >= 0.6 is 11.6 Å². The standard InChI is InChI=1S/C17H25ClN2O/c1-14(2)20(11-15-6-4-3-5-7-15)13-16-8-9-19(12-16)17(21)10-18/h3-7,14,16H,8-13H2,1-2H3/t16-/m0/s1. The monoisotopic (exact) mass is 308 g/mol. The second-order valence-corrected chi connectivity index (χ2v) is 6.40. The second kappa shape index (κ2) is 7.81.